The van der Waals surface area contributed by atoms with Gasteiger partial charge in [0.05, 0.1) is 0 Å². The zero-order chi connectivity index (χ0) is 16.5. The summed E-state index contributed by atoms with van der Waals surface area (Å²) in [6, 6.07) is 0. The van der Waals surface area contributed by atoms with Gasteiger partial charge in [-0.3, -0.25) is 21.3 Å². The second-order valence-corrected chi connectivity index (χ2v) is 1.25. The molecule has 0 saturated heterocycles. The smallest absolute Gasteiger partial charge is 0.385 e. The van der Waals surface area contributed by atoms with Gasteiger partial charge in [-0.1, -0.05) is 0 Å². The first kappa shape index (κ1) is 36.2. The van der Waals surface area contributed by atoms with Crippen molar-refractivity contribution < 1.29 is 36.3 Å². The summed E-state index contributed by atoms with van der Waals surface area (Å²) in [7, 11) is 0. The summed E-state index contributed by atoms with van der Waals surface area (Å²) in [5.41, 5.74) is 0. The number of nitrogens with zero attached hydrogens (tertiary/aromatic N) is 12. The van der Waals surface area contributed by atoms with Crippen molar-refractivity contribution in [1.29, 1.82) is 42.1 Å². The van der Waals surface area contributed by atoms with Crippen LogP contribution in [-0.4, -0.2) is 0 Å². The van der Waals surface area contributed by atoms with Gasteiger partial charge in [0, 0.05) is 49.5 Å². The largest absolute Gasteiger partial charge is 2.00 e. The van der Waals surface area contributed by atoms with Crippen LogP contribution in [0, 0.1) is 91.6 Å². The van der Waals surface area contributed by atoms with Crippen molar-refractivity contribution in [2.45, 2.75) is 0 Å². The van der Waals surface area contributed by atoms with Crippen LogP contribution in [0.4, 0.5) is 0 Å². The van der Waals surface area contributed by atoms with Crippen molar-refractivity contribution in [2.24, 2.45) is 0 Å². The number of rotatable bonds is 0. The Kier molecular flexibility index (Phi) is 110. The van der Waals surface area contributed by atoms with Gasteiger partial charge in [-0.2, -0.15) is 0 Å². The van der Waals surface area contributed by atoms with E-state index in [0.29, 0.717) is 0 Å². The molecule has 0 aliphatic heterocycles. The summed E-state index contributed by atoms with van der Waals surface area (Å²) >= 11 is 0. The van der Waals surface area contributed by atoms with E-state index in [1.54, 1.807) is 0 Å². The minimum absolute atomic E-state index is 0. The summed E-state index contributed by atoms with van der Waals surface area (Å²) in [5.74, 6) is 0. The van der Waals surface area contributed by atoms with Crippen LogP contribution >= 0.6 is 0 Å². The minimum atomic E-state index is 0. The van der Waals surface area contributed by atoms with Crippen LogP contribution in [0.2, 0.25) is 0 Å². The normalized spacial score (nSPS) is 3.27. The first-order valence-corrected chi connectivity index (χ1v) is 3.58. The maximum atomic E-state index is 7.43. The number of hydrogen-bond acceptors (Lipinski definition) is 8. The third kappa shape index (κ3) is 209. The molecule has 0 saturated carbocycles. The van der Waals surface area contributed by atoms with Crippen LogP contribution in [0.5, 0.6) is 0 Å². The molecule has 0 aromatic carbocycles. The molecule has 0 fully saturated rings. The first-order chi connectivity index (χ1) is 9.66. The Balaban J connectivity index is -0.0000000376. The van der Waals surface area contributed by atoms with E-state index in [2.05, 4.69) is 21.3 Å². The number of hydrogen-bond donors (Lipinski definition) is 0. The van der Waals surface area contributed by atoms with Crippen LogP contribution in [-0.2, 0) is 36.3 Å². The summed E-state index contributed by atoms with van der Waals surface area (Å²) < 4.78 is 0. The molecule has 22 heavy (non-hydrogen) atoms. The average Bonchev–Trinajstić information content (AvgIpc) is 2.44. The quantitative estimate of drug-likeness (QED) is 0.430. The fraction of sp³-hybridized carbons (Fsp3) is 0. The Morgan fingerprint density at radius 1 is 0.364 bits per heavy atom. The first-order valence-electron chi connectivity index (χ1n) is 3.58. The van der Waals surface area contributed by atoms with E-state index in [4.69, 9.17) is 42.1 Å². The molecule has 0 bridgehead atoms. The topological polar surface area (TPSA) is 247 Å². The van der Waals surface area contributed by atoms with Crippen molar-refractivity contribution in [3.05, 3.63) is 21.3 Å². The van der Waals surface area contributed by atoms with Crippen molar-refractivity contribution >= 4 is 0 Å². The predicted octanol–water partition coefficient (Wildman–Crippen LogP) is 1.28. The molecule has 14 heteroatoms. The van der Waals surface area contributed by atoms with Gasteiger partial charge in [0.2, 0.25) is 0 Å². The van der Waals surface area contributed by atoms with Crippen LogP contribution in [0.1, 0.15) is 0 Å². The second-order valence-electron chi connectivity index (χ2n) is 1.25. The Labute approximate surface area is 149 Å². The maximum absolute atomic E-state index is 7.43. The summed E-state index contributed by atoms with van der Waals surface area (Å²) in [6.45, 7) is 0. The molecule has 0 atom stereocenters. The van der Waals surface area contributed by atoms with E-state index in [1.165, 1.54) is 49.5 Å². The summed E-state index contributed by atoms with van der Waals surface area (Å²) in [6.07, 6.45) is 10.2. The molecule has 12 nitrogen and oxygen atoms in total. The molecular weight excluding hydrogens is 388 g/mol. The zero-order valence-electron chi connectivity index (χ0n) is 10.4. The fourth-order valence-electron chi connectivity index (χ4n) is 0.0894. The van der Waals surface area contributed by atoms with E-state index in [-0.39, 0.29) is 36.3 Å². The summed E-state index contributed by atoms with van der Waals surface area (Å²) in [5, 5.41) is 69.8. The Bertz CT molecular complexity index is 396. The fourth-order valence-corrected chi connectivity index (χ4v) is 0.0894. The van der Waals surface area contributed by atoms with E-state index < -0.39 is 0 Å². The zero-order valence-corrected chi connectivity index (χ0v) is 14.4. The molecule has 0 heterocycles. The van der Waals surface area contributed by atoms with Crippen LogP contribution < -0.4 is 0 Å². The van der Waals surface area contributed by atoms with E-state index in [0.717, 1.165) is 0 Å². The van der Waals surface area contributed by atoms with Gasteiger partial charge in [-0.25, -0.2) is 0 Å². The average molecular weight is 388 g/mol. The number of nitriles is 8. The molecule has 0 aromatic heterocycles. The minimum Gasteiger partial charge on any atom is -0.385 e. The maximum Gasteiger partial charge on any atom is 2.00 e. The third-order valence-electron chi connectivity index (χ3n) is 0.400. The molecule has 0 unspecified atom stereocenters. The van der Waals surface area contributed by atoms with E-state index in [9.17, 15) is 0 Å². The second kappa shape index (κ2) is 66.9. The SMILES string of the molecule is N#C[N-]C#N.N#C[N-]C#N.N#C[N-]C#N.N#C[N-]C#N.[Co+2].[Zn+2]. The van der Waals surface area contributed by atoms with Crippen molar-refractivity contribution in [3.8, 4) is 49.5 Å². The van der Waals surface area contributed by atoms with E-state index >= 15 is 0 Å². The van der Waals surface area contributed by atoms with Crippen molar-refractivity contribution in [2.75, 3.05) is 0 Å². The van der Waals surface area contributed by atoms with Gasteiger partial charge >= 0.3 is 36.3 Å². The van der Waals surface area contributed by atoms with Crippen molar-refractivity contribution in [3.63, 3.8) is 0 Å². The standard InChI is InChI=1S/4C2N3.Co.Zn/c4*3-1-5-2-4;;/q4*-1;2*+2. The molecule has 0 N–H and O–H groups in total. The van der Waals surface area contributed by atoms with Crippen LogP contribution in [0.3, 0.4) is 0 Å². The molecule has 0 amide bonds. The molecule has 0 aliphatic carbocycles. The molecule has 0 rings (SSSR count). The molecule has 0 aliphatic rings. The van der Waals surface area contributed by atoms with Gasteiger partial charge in [-0.05, 0) is 0 Å². The van der Waals surface area contributed by atoms with Gasteiger partial charge < -0.3 is 42.1 Å². The predicted molar refractivity (Wildman–Crippen MR) is 58.3 cm³/mol. The third-order valence-corrected chi connectivity index (χ3v) is 0.400. The Morgan fingerprint density at radius 2 is 0.455 bits per heavy atom. The van der Waals surface area contributed by atoms with Crippen LogP contribution in [0.25, 0.3) is 21.3 Å². The molecule has 103 valence electrons. The summed E-state index contributed by atoms with van der Waals surface area (Å²) in [4.78, 5) is 0. The van der Waals surface area contributed by atoms with Gasteiger partial charge in [0.25, 0.3) is 0 Å². The molecule has 1 radical (unpaired) electrons. The molecular formula is C8CoN12Zn. The van der Waals surface area contributed by atoms with Gasteiger partial charge in [0.15, 0.2) is 0 Å². The van der Waals surface area contributed by atoms with E-state index in [1.807, 2.05) is 0 Å². The molecule has 0 spiro atoms. The van der Waals surface area contributed by atoms with Crippen molar-refractivity contribution in [1.82, 2.24) is 0 Å². The van der Waals surface area contributed by atoms with Gasteiger partial charge in [0.1, 0.15) is 0 Å². The Hall–Kier alpha value is -3.75. The monoisotopic (exact) mass is 387 g/mol. The van der Waals surface area contributed by atoms with Gasteiger partial charge in [-0.15, -0.1) is 0 Å². The van der Waals surface area contributed by atoms with Crippen LogP contribution in [0.15, 0.2) is 0 Å². The molecule has 0 aromatic rings. The Morgan fingerprint density at radius 3 is 0.455 bits per heavy atom.